The number of pyridine rings is 1. The number of nitrogens with zero attached hydrogens (tertiary/aromatic N) is 1. The van der Waals surface area contributed by atoms with Crippen LogP contribution in [0.3, 0.4) is 0 Å². The van der Waals surface area contributed by atoms with Crippen molar-refractivity contribution in [2.75, 3.05) is 14.2 Å². The van der Waals surface area contributed by atoms with Gasteiger partial charge in [0.05, 0.1) is 24.8 Å². The normalized spacial score (nSPS) is 10.1. The molecule has 2 rings (SSSR count). The molecule has 1 aromatic heterocycles. The van der Waals surface area contributed by atoms with E-state index >= 15 is 0 Å². The van der Waals surface area contributed by atoms with Gasteiger partial charge in [0.25, 0.3) is 0 Å². The number of benzene rings is 1. The van der Waals surface area contributed by atoms with Crippen LogP contribution in [0, 0.1) is 0 Å². The van der Waals surface area contributed by atoms with Gasteiger partial charge in [0.15, 0.2) is 5.78 Å². The van der Waals surface area contributed by atoms with E-state index in [2.05, 4.69) is 4.98 Å². The first kappa shape index (κ1) is 13.4. The van der Waals surface area contributed by atoms with E-state index in [-0.39, 0.29) is 5.78 Å². The van der Waals surface area contributed by atoms with E-state index in [0.29, 0.717) is 27.6 Å². The lowest BCUT2D eigenvalue weighted by Gasteiger charge is -2.10. The third-order valence-corrected chi connectivity index (χ3v) is 2.97. The van der Waals surface area contributed by atoms with Gasteiger partial charge in [-0.1, -0.05) is 11.6 Å². The van der Waals surface area contributed by atoms with Gasteiger partial charge < -0.3 is 9.47 Å². The van der Waals surface area contributed by atoms with E-state index < -0.39 is 0 Å². The van der Waals surface area contributed by atoms with Crippen LogP contribution in [0.5, 0.6) is 11.5 Å². The Bertz CT molecular complexity index is 613. The maximum absolute atomic E-state index is 12.5. The highest BCUT2D eigenvalue weighted by atomic mass is 35.5. The number of hydrogen-bond acceptors (Lipinski definition) is 4. The van der Waals surface area contributed by atoms with E-state index in [4.69, 9.17) is 21.1 Å². The first-order chi connectivity index (χ1) is 9.17. The number of rotatable bonds is 4. The quantitative estimate of drug-likeness (QED) is 0.806. The molecule has 0 fully saturated rings. The molecule has 19 heavy (non-hydrogen) atoms. The number of carbonyl (C=O) groups excluding carboxylic acids is 1. The van der Waals surface area contributed by atoms with Crippen LogP contribution >= 0.6 is 11.6 Å². The molecule has 4 nitrogen and oxygen atoms in total. The zero-order valence-corrected chi connectivity index (χ0v) is 11.3. The topological polar surface area (TPSA) is 48.4 Å². The molecule has 0 aliphatic carbocycles. The highest BCUT2D eigenvalue weighted by molar-refractivity contribution is 6.35. The largest absolute Gasteiger partial charge is 0.497 e. The lowest BCUT2D eigenvalue weighted by atomic mass is 10.0. The molecule has 0 unspecified atom stereocenters. The molecule has 0 N–H and O–H groups in total. The van der Waals surface area contributed by atoms with Crippen LogP contribution in [0.4, 0.5) is 0 Å². The molecule has 0 aliphatic rings. The molecule has 5 heteroatoms. The van der Waals surface area contributed by atoms with Gasteiger partial charge in [-0.25, -0.2) is 0 Å². The predicted octanol–water partition coefficient (Wildman–Crippen LogP) is 2.98. The highest BCUT2D eigenvalue weighted by Crippen LogP contribution is 2.28. The number of halogens is 1. The number of methoxy groups -OCH3 is 2. The van der Waals surface area contributed by atoms with E-state index in [1.165, 1.54) is 26.6 Å². The lowest BCUT2D eigenvalue weighted by Crippen LogP contribution is -2.05. The van der Waals surface area contributed by atoms with Crippen molar-refractivity contribution in [1.82, 2.24) is 4.98 Å². The molecule has 0 amide bonds. The summed E-state index contributed by atoms with van der Waals surface area (Å²) in [5.74, 6) is 0.816. The average molecular weight is 278 g/mol. The second kappa shape index (κ2) is 5.71. The fourth-order valence-electron chi connectivity index (χ4n) is 1.70. The third kappa shape index (κ3) is 2.69. The molecule has 1 heterocycles. The molecule has 0 saturated heterocycles. The second-order valence-corrected chi connectivity index (χ2v) is 4.16. The van der Waals surface area contributed by atoms with Crippen molar-refractivity contribution in [3.63, 3.8) is 0 Å². The van der Waals surface area contributed by atoms with E-state index in [9.17, 15) is 4.79 Å². The minimum atomic E-state index is -0.233. The minimum Gasteiger partial charge on any atom is -0.497 e. The highest BCUT2D eigenvalue weighted by Gasteiger charge is 2.18. The van der Waals surface area contributed by atoms with Crippen LogP contribution in [0.1, 0.15) is 15.9 Å². The van der Waals surface area contributed by atoms with Gasteiger partial charge in [-0.3, -0.25) is 9.78 Å². The summed E-state index contributed by atoms with van der Waals surface area (Å²) < 4.78 is 10.3. The van der Waals surface area contributed by atoms with Crippen LogP contribution < -0.4 is 9.47 Å². The maximum Gasteiger partial charge on any atom is 0.198 e. The summed E-state index contributed by atoms with van der Waals surface area (Å²) in [5, 5.41) is 0.303. The standard InChI is InChI=1S/C14H12ClNO3/c1-18-9-3-4-13(19-2)11(7-9)14(17)10-5-6-16-8-12(10)15/h3-8H,1-2H3. The molecule has 0 spiro atoms. The first-order valence-electron chi connectivity index (χ1n) is 5.53. The van der Waals surface area contributed by atoms with Crippen molar-refractivity contribution in [3.8, 4) is 11.5 Å². The molecule has 2 aromatic rings. The Balaban J connectivity index is 2.51. The fraction of sp³-hybridized carbons (Fsp3) is 0.143. The zero-order valence-electron chi connectivity index (χ0n) is 10.5. The Hall–Kier alpha value is -2.07. The maximum atomic E-state index is 12.5. The fourth-order valence-corrected chi connectivity index (χ4v) is 1.90. The summed E-state index contributed by atoms with van der Waals surface area (Å²) in [6.45, 7) is 0. The van der Waals surface area contributed by atoms with E-state index in [1.807, 2.05) is 0 Å². The summed E-state index contributed by atoms with van der Waals surface area (Å²) in [7, 11) is 3.04. The van der Waals surface area contributed by atoms with Crippen molar-refractivity contribution in [3.05, 3.63) is 52.8 Å². The lowest BCUT2D eigenvalue weighted by molar-refractivity contribution is 0.103. The van der Waals surface area contributed by atoms with Crippen LogP contribution in [-0.2, 0) is 0 Å². The molecule has 1 aromatic carbocycles. The molecule has 0 radical (unpaired) electrons. The van der Waals surface area contributed by atoms with Crippen molar-refractivity contribution in [1.29, 1.82) is 0 Å². The minimum absolute atomic E-state index is 0.233. The molecule has 0 atom stereocenters. The number of ether oxygens (including phenoxy) is 2. The molecular weight excluding hydrogens is 266 g/mol. The predicted molar refractivity (Wildman–Crippen MR) is 72.2 cm³/mol. The van der Waals surface area contributed by atoms with Crippen LogP contribution in [0.25, 0.3) is 0 Å². The molecule has 0 aliphatic heterocycles. The van der Waals surface area contributed by atoms with Crippen LogP contribution in [0.2, 0.25) is 5.02 Å². The SMILES string of the molecule is COc1ccc(OC)c(C(=O)c2ccncc2Cl)c1. The molecule has 98 valence electrons. The smallest absolute Gasteiger partial charge is 0.198 e. The number of aromatic nitrogens is 1. The van der Waals surface area contributed by atoms with Gasteiger partial charge in [0, 0.05) is 18.0 Å². The number of hydrogen-bond donors (Lipinski definition) is 0. The third-order valence-electron chi connectivity index (χ3n) is 2.67. The Labute approximate surface area is 115 Å². The van der Waals surface area contributed by atoms with Crippen molar-refractivity contribution >= 4 is 17.4 Å². The van der Waals surface area contributed by atoms with Gasteiger partial charge in [-0.15, -0.1) is 0 Å². The summed E-state index contributed by atoms with van der Waals surface area (Å²) in [4.78, 5) is 16.3. The zero-order chi connectivity index (χ0) is 13.8. The Morgan fingerprint density at radius 1 is 1.16 bits per heavy atom. The summed E-state index contributed by atoms with van der Waals surface area (Å²) in [6.07, 6.45) is 2.95. The molecule has 0 saturated carbocycles. The Kier molecular flexibility index (Phi) is 4.02. The summed E-state index contributed by atoms with van der Waals surface area (Å²) in [5.41, 5.74) is 0.776. The Morgan fingerprint density at radius 2 is 1.95 bits per heavy atom. The van der Waals surface area contributed by atoms with Crippen molar-refractivity contribution in [2.45, 2.75) is 0 Å². The van der Waals surface area contributed by atoms with Crippen molar-refractivity contribution < 1.29 is 14.3 Å². The number of ketones is 1. The van der Waals surface area contributed by atoms with Gasteiger partial charge in [0.1, 0.15) is 11.5 Å². The number of carbonyl (C=O) groups is 1. The van der Waals surface area contributed by atoms with E-state index in [1.54, 1.807) is 24.3 Å². The van der Waals surface area contributed by atoms with Gasteiger partial charge in [0.2, 0.25) is 0 Å². The average Bonchev–Trinajstić information content (AvgIpc) is 2.46. The summed E-state index contributed by atoms with van der Waals surface area (Å²) in [6, 6.07) is 6.60. The van der Waals surface area contributed by atoms with Gasteiger partial charge in [-0.2, -0.15) is 0 Å². The first-order valence-corrected chi connectivity index (χ1v) is 5.91. The molecule has 0 bridgehead atoms. The second-order valence-electron chi connectivity index (χ2n) is 3.75. The van der Waals surface area contributed by atoms with Crippen LogP contribution in [0.15, 0.2) is 36.7 Å². The Morgan fingerprint density at radius 3 is 2.58 bits per heavy atom. The van der Waals surface area contributed by atoms with Crippen LogP contribution in [-0.4, -0.2) is 25.0 Å². The summed E-state index contributed by atoms with van der Waals surface area (Å²) >= 11 is 5.98. The van der Waals surface area contributed by atoms with Gasteiger partial charge >= 0.3 is 0 Å². The molecular formula is C14H12ClNO3. The monoisotopic (exact) mass is 277 g/mol. The van der Waals surface area contributed by atoms with E-state index in [0.717, 1.165) is 0 Å². The van der Waals surface area contributed by atoms with Crippen molar-refractivity contribution in [2.24, 2.45) is 0 Å². The van der Waals surface area contributed by atoms with Gasteiger partial charge in [-0.05, 0) is 24.3 Å².